The first-order valence-corrected chi connectivity index (χ1v) is 4.91. The second-order valence-electron chi connectivity index (χ2n) is 3.64. The molecule has 1 unspecified atom stereocenters. The molecule has 0 spiro atoms. The summed E-state index contributed by atoms with van der Waals surface area (Å²) in [6.07, 6.45) is -1.83. The third kappa shape index (κ3) is 1.77. The van der Waals surface area contributed by atoms with E-state index in [2.05, 4.69) is 14.9 Å². The van der Waals surface area contributed by atoms with Crippen molar-refractivity contribution in [2.75, 3.05) is 7.11 Å². The van der Waals surface area contributed by atoms with E-state index in [0.29, 0.717) is 25.2 Å². The van der Waals surface area contributed by atoms with E-state index in [1.165, 1.54) is 11.7 Å². The average Bonchev–Trinajstić information content (AvgIpc) is 2.70. The lowest BCUT2D eigenvalue weighted by molar-refractivity contribution is -0.146. The van der Waals surface area contributed by atoms with Crippen LogP contribution in [-0.2, 0) is 22.5 Å². The molecule has 1 atom stereocenters. The van der Waals surface area contributed by atoms with Crippen molar-refractivity contribution >= 4 is 5.97 Å². The van der Waals surface area contributed by atoms with E-state index in [4.69, 9.17) is 0 Å². The molecule has 0 saturated heterocycles. The van der Waals surface area contributed by atoms with Crippen LogP contribution < -0.4 is 0 Å². The molecular formula is C9H11F2N3O2. The summed E-state index contributed by atoms with van der Waals surface area (Å²) in [6, 6.07) is 0. The van der Waals surface area contributed by atoms with E-state index in [-0.39, 0.29) is 17.7 Å². The van der Waals surface area contributed by atoms with Crippen LogP contribution in [0.2, 0.25) is 0 Å². The van der Waals surface area contributed by atoms with Crippen molar-refractivity contribution in [3.05, 3.63) is 11.6 Å². The third-order valence-corrected chi connectivity index (χ3v) is 2.72. The van der Waals surface area contributed by atoms with Gasteiger partial charge >= 0.3 is 5.97 Å². The van der Waals surface area contributed by atoms with Gasteiger partial charge in [-0.15, -0.1) is 10.2 Å². The van der Waals surface area contributed by atoms with Crippen LogP contribution in [0.3, 0.4) is 0 Å². The van der Waals surface area contributed by atoms with Crippen LogP contribution in [0.4, 0.5) is 8.78 Å². The summed E-state index contributed by atoms with van der Waals surface area (Å²) in [5.41, 5.74) is 0. The molecule has 0 radical (unpaired) electrons. The van der Waals surface area contributed by atoms with Crippen LogP contribution in [0.25, 0.3) is 0 Å². The fraction of sp³-hybridized carbons (Fsp3) is 0.667. The Labute approximate surface area is 90.4 Å². The summed E-state index contributed by atoms with van der Waals surface area (Å²) in [7, 11) is 1.31. The number of methoxy groups -OCH3 is 1. The van der Waals surface area contributed by atoms with Crippen LogP contribution >= 0.6 is 0 Å². The van der Waals surface area contributed by atoms with E-state index in [0.717, 1.165) is 0 Å². The molecule has 0 aliphatic carbocycles. The van der Waals surface area contributed by atoms with Gasteiger partial charge in [-0.25, -0.2) is 8.78 Å². The van der Waals surface area contributed by atoms with Gasteiger partial charge in [0.25, 0.3) is 6.43 Å². The van der Waals surface area contributed by atoms with Gasteiger partial charge in [-0.1, -0.05) is 0 Å². The molecule has 0 bridgehead atoms. The standard InChI is InChI=1S/C9H11F2N3O2/c1-16-9(15)5-2-3-14-6(4-5)12-13-8(14)7(10)11/h5,7H,2-4H2,1H3. The second kappa shape index (κ2) is 4.15. The zero-order chi connectivity index (χ0) is 11.7. The monoisotopic (exact) mass is 231 g/mol. The van der Waals surface area contributed by atoms with Gasteiger partial charge in [0.15, 0.2) is 5.82 Å². The maximum Gasteiger partial charge on any atom is 0.309 e. The number of ether oxygens (including phenoxy) is 1. The van der Waals surface area contributed by atoms with E-state index < -0.39 is 6.43 Å². The molecule has 1 aliphatic rings. The predicted octanol–water partition coefficient (Wildman–Crippen LogP) is 0.951. The van der Waals surface area contributed by atoms with Crippen LogP contribution in [-0.4, -0.2) is 27.8 Å². The van der Waals surface area contributed by atoms with Crippen molar-refractivity contribution in [3.63, 3.8) is 0 Å². The number of esters is 1. The summed E-state index contributed by atoms with van der Waals surface area (Å²) >= 11 is 0. The zero-order valence-electron chi connectivity index (χ0n) is 8.69. The molecule has 0 aromatic carbocycles. The van der Waals surface area contributed by atoms with Gasteiger partial charge in [0.1, 0.15) is 5.82 Å². The van der Waals surface area contributed by atoms with Crippen molar-refractivity contribution in [3.8, 4) is 0 Å². The summed E-state index contributed by atoms with van der Waals surface area (Å²) < 4.78 is 31.0. The Bertz CT molecular complexity index is 405. The molecule has 1 aliphatic heterocycles. The van der Waals surface area contributed by atoms with Crippen LogP contribution in [0.5, 0.6) is 0 Å². The van der Waals surface area contributed by atoms with Crippen molar-refractivity contribution in [2.45, 2.75) is 25.8 Å². The molecule has 0 amide bonds. The molecule has 0 fully saturated rings. The van der Waals surface area contributed by atoms with E-state index in [9.17, 15) is 13.6 Å². The topological polar surface area (TPSA) is 57.0 Å². The Kier molecular flexibility index (Phi) is 2.84. The number of nitrogens with zero attached hydrogens (tertiary/aromatic N) is 3. The smallest absolute Gasteiger partial charge is 0.309 e. The lowest BCUT2D eigenvalue weighted by Gasteiger charge is -2.21. The van der Waals surface area contributed by atoms with Gasteiger partial charge in [-0.2, -0.15) is 0 Å². The molecule has 16 heavy (non-hydrogen) atoms. The molecule has 5 nitrogen and oxygen atoms in total. The highest BCUT2D eigenvalue weighted by Gasteiger charge is 2.30. The van der Waals surface area contributed by atoms with Gasteiger partial charge < -0.3 is 9.30 Å². The number of aromatic nitrogens is 3. The number of alkyl halides is 2. The van der Waals surface area contributed by atoms with Crippen LogP contribution in [0.1, 0.15) is 24.5 Å². The lowest BCUT2D eigenvalue weighted by atomic mass is 9.98. The Morgan fingerprint density at radius 3 is 2.94 bits per heavy atom. The second-order valence-corrected chi connectivity index (χ2v) is 3.64. The minimum atomic E-state index is -2.63. The molecular weight excluding hydrogens is 220 g/mol. The highest BCUT2D eigenvalue weighted by Crippen LogP contribution is 2.25. The van der Waals surface area contributed by atoms with E-state index in [1.807, 2.05) is 0 Å². The number of carbonyl (C=O) groups is 1. The predicted molar refractivity (Wildman–Crippen MR) is 48.8 cm³/mol. The van der Waals surface area contributed by atoms with Crippen molar-refractivity contribution in [2.24, 2.45) is 5.92 Å². The molecule has 88 valence electrons. The highest BCUT2D eigenvalue weighted by molar-refractivity contribution is 5.72. The van der Waals surface area contributed by atoms with Gasteiger partial charge in [-0.05, 0) is 6.42 Å². The van der Waals surface area contributed by atoms with Gasteiger partial charge in [-0.3, -0.25) is 4.79 Å². The Hall–Kier alpha value is -1.53. The van der Waals surface area contributed by atoms with Crippen LogP contribution in [0, 0.1) is 5.92 Å². The molecule has 0 saturated carbocycles. The zero-order valence-corrected chi connectivity index (χ0v) is 8.69. The average molecular weight is 231 g/mol. The molecule has 1 aromatic heterocycles. The van der Waals surface area contributed by atoms with Crippen LogP contribution in [0.15, 0.2) is 0 Å². The Morgan fingerprint density at radius 2 is 2.31 bits per heavy atom. The van der Waals surface area contributed by atoms with Gasteiger partial charge in [0.2, 0.25) is 0 Å². The minimum Gasteiger partial charge on any atom is -0.469 e. The fourth-order valence-electron chi connectivity index (χ4n) is 1.88. The molecule has 2 rings (SSSR count). The summed E-state index contributed by atoms with van der Waals surface area (Å²) in [6.45, 7) is 0.335. The van der Waals surface area contributed by atoms with Crippen molar-refractivity contribution in [1.82, 2.24) is 14.8 Å². The first kappa shape index (κ1) is 11.0. The summed E-state index contributed by atoms with van der Waals surface area (Å²) in [5, 5.41) is 7.10. The fourth-order valence-corrected chi connectivity index (χ4v) is 1.88. The SMILES string of the molecule is COC(=O)C1CCn2c(nnc2C(F)F)C1. The normalized spacial score (nSPS) is 19.6. The molecule has 2 heterocycles. The Morgan fingerprint density at radius 1 is 1.56 bits per heavy atom. The lowest BCUT2D eigenvalue weighted by Crippen LogP contribution is -2.27. The van der Waals surface area contributed by atoms with Crippen molar-refractivity contribution in [1.29, 1.82) is 0 Å². The molecule has 1 aromatic rings. The van der Waals surface area contributed by atoms with E-state index >= 15 is 0 Å². The largest absolute Gasteiger partial charge is 0.469 e. The Balaban J connectivity index is 2.20. The van der Waals surface area contributed by atoms with Gasteiger partial charge in [0, 0.05) is 13.0 Å². The molecule has 7 heteroatoms. The number of hydrogen-bond donors (Lipinski definition) is 0. The number of carbonyl (C=O) groups excluding carboxylic acids is 1. The summed E-state index contributed by atoms with van der Waals surface area (Å²) in [5.74, 6) is -0.518. The minimum absolute atomic E-state index is 0.299. The number of halogens is 2. The number of fused-ring (bicyclic) bond motifs is 1. The third-order valence-electron chi connectivity index (χ3n) is 2.72. The van der Waals surface area contributed by atoms with E-state index in [1.54, 1.807) is 0 Å². The van der Waals surface area contributed by atoms with Gasteiger partial charge in [0.05, 0.1) is 13.0 Å². The first-order valence-electron chi connectivity index (χ1n) is 4.91. The number of rotatable bonds is 2. The maximum absolute atomic E-state index is 12.5. The first-order chi connectivity index (χ1) is 7.63. The summed E-state index contributed by atoms with van der Waals surface area (Å²) in [4.78, 5) is 11.3. The molecule has 0 N–H and O–H groups in total. The highest BCUT2D eigenvalue weighted by atomic mass is 19.3. The number of hydrogen-bond acceptors (Lipinski definition) is 4. The maximum atomic E-state index is 12.5. The van der Waals surface area contributed by atoms with Crippen molar-refractivity contribution < 1.29 is 18.3 Å². The quantitative estimate of drug-likeness (QED) is 0.711.